The van der Waals surface area contributed by atoms with Crippen LogP contribution in [-0.4, -0.2) is 5.60 Å². The van der Waals surface area contributed by atoms with Gasteiger partial charge in [0.25, 0.3) is 0 Å². The van der Waals surface area contributed by atoms with Gasteiger partial charge < -0.3 is 4.74 Å². The molecule has 130 valence electrons. The summed E-state index contributed by atoms with van der Waals surface area (Å²) in [5.41, 5.74) is 11.6. The highest BCUT2D eigenvalue weighted by Gasteiger charge is 2.23. The molecule has 0 heterocycles. The third kappa shape index (κ3) is 3.36. The molecule has 1 nitrogen and oxygen atoms in total. The normalized spacial score (nSPS) is 11.8. The Balaban J connectivity index is 2.94. The average molecular weight is 325 g/mol. The van der Waals surface area contributed by atoms with Gasteiger partial charge in [-0.15, -0.1) is 0 Å². The molecule has 0 aliphatic carbocycles. The molecule has 0 N–H and O–H groups in total. The van der Waals surface area contributed by atoms with E-state index in [1.54, 1.807) is 0 Å². The second kappa shape index (κ2) is 6.27. The summed E-state index contributed by atoms with van der Waals surface area (Å²) in [4.78, 5) is 0. The maximum absolute atomic E-state index is 6.44. The fourth-order valence-corrected chi connectivity index (χ4v) is 3.39. The fourth-order valence-electron chi connectivity index (χ4n) is 3.39. The van der Waals surface area contributed by atoms with Crippen molar-refractivity contribution in [2.75, 3.05) is 0 Å². The molecular formula is C23H32O. The van der Waals surface area contributed by atoms with Gasteiger partial charge in [-0.3, -0.25) is 0 Å². The van der Waals surface area contributed by atoms with Crippen LogP contribution in [0.1, 0.15) is 59.7 Å². The fraction of sp³-hybridized carbons (Fsp3) is 0.478. The monoisotopic (exact) mass is 324 g/mol. The second-order valence-electron chi connectivity index (χ2n) is 8.19. The van der Waals surface area contributed by atoms with Crippen LogP contribution in [-0.2, 0) is 0 Å². The summed E-state index contributed by atoms with van der Waals surface area (Å²) in [6, 6.07) is 4.53. The Bertz CT molecular complexity index is 763. The molecule has 2 aromatic rings. The minimum Gasteiger partial charge on any atom is -0.487 e. The third-order valence-corrected chi connectivity index (χ3v) is 5.01. The largest absolute Gasteiger partial charge is 0.487 e. The van der Waals surface area contributed by atoms with E-state index in [9.17, 15) is 0 Å². The lowest BCUT2D eigenvalue weighted by atomic mass is 9.85. The first-order valence-corrected chi connectivity index (χ1v) is 8.81. The Morgan fingerprint density at radius 3 is 1.38 bits per heavy atom. The van der Waals surface area contributed by atoms with Crippen molar-refractivity contribution in [3.63, 3.8) is 0 Å². The van der Waals surface area contributed by atoms with Gasteiger partial charge >= 0.3 is 0 Å². The maximum atomic E-state index is 6.44. The third-order valence-electron chi connectivity index (χ3n) is 5.01. The van der Waals surface area contributed by atoms with Crippen LogP contribution >= 0.6 is 0 Å². The van der Waals surface area contributed by atoms with E-state index < -0.39 is 0 Å². The molecule has 0 spiro atoms. The molecule has 0 fully saturated rings. The highest BCUT2D eigenvalue weighted by molar-refractivity contribution is 5.82. The Morgan fingerprint density at radius 1 is 0.583 bits per heavy atom. The lowest BCUT2D eigenvalue weighted by Gasteiger charge is -2.28. The number of benzene rings is 2. The highest BCUT2D eigenvalue weighted by Crippen LogP contribution is 2.43. The van der Waals surface area contributed by atoms with Crippen molar-refractivity contribution < 1.29 is 4.74 Å². The Kier molecular flexibility index (Phi) is 4.86. The van der Waals surface area contributed by atoms with Crippen LogP contribution in [0.25, 0.3) is 11.1 Å². The summed E-state index contributed by atoms with van der Waals surface area (Å²) in [7, 11) is 0. The summed E-state index contributed by atoms with van der Waals surface area (Å²) in [6.07, 6.45) is 0. The van der Waals surface area contributed by atoms with E-state index in [-0.39, 0.29) is 5.60 Å². The molecule has 0 bridgehead atoms. The van der Waals surface area contributed by atoms with Gasteiger partial charge in [-0.05, 0) is 114 Å². The quantitative estimate of drug-likeness (QED) is 0.598. The predicted octanol–water partition coefficient (Wildman–Crippen LogP) is 6.69. The number of aryl methyl sites for hydroxylation is 4. The predicted molar refractivity (Wildman–Crippen MR) is 105 cm³/mol. The van der Waals surface area contributed by atoms with E-state index in [4.69, 9.17) is 4.74 Å². The summed E-state index contributed by atoms with van der Waals surface area (Å²) in [5, 5.41) is 0. The molecule has 2 aromatic carbocycles. The topological polar surface area (TPSA) is 9.23 Å². The number of hydrogen-bond donors (Lipinski definition) is 0. The molecule has 0 aromatic heterocycles. The number of ether oxygens (including phenoxy) is 1. The first kappa shape index (κ1) is 18.6. The zero-order chi connectivity index (χ0) is 18.4. The molecule has 0 aliphatic heterocycles. The van der Waals surface area contributed by atoms with Gasteiger partial charge in [0.15, 0.2) is 0 Å². The van der Waals surface area contributed by atoms with Crippen molar-refractivity contribution >= 4 is 0 Å². The van der Waals surface area contributed by atoms with Gasteiger partial charge in [-0.25, -0.2) is 0 Å². The molecule has 0 radical (unpaired) electrons. The lowest BCUT2D eigenvalue weighted by molar-refractivity contribution is 0.130. The van der Waals surface area contributed by atoms with Crippen LogP contribution in [0.2, 0.25) is 0 Å². The summed E-state index contributed by atoms with van der Waals surface area (Å²) in [5.74, 6) is 1.03. The van der Waals surface area contributed by atoms with Gasteiger partial charge in [-0.1, -0.05) is 12.1 Å². The van der Waals surface area contributed by atoms with Crippen LogP contribution in [0.3, 0.4) is 0 Å². The van der Waals surface area contributed by atoms with E-state index in [1.807, 2.05) is 0 Å². The van der Waals surface area contributed by atoms with Gasteiger partial charge in [-0.2, -0.15) is 0 Å². The summed E-state index contributed by atoms with van der Waals surface area (Å²) >= 11 is 0. The first-order valence-electron chi connectivity index (χ1n) is 8.81. The minimum atomic E-state index is -0.220. The van der Waals surface area contributed by atoms with Crippen LogP contribution in [0.5, 0.6) is 5.75 Å². The molecule has 0 amide bonds. The van der Waals surface area contributed by atoms with Crippen molar-refractivity contribution in [3.05, 3.63) is 51.1 Å². The Morgan fingerprint density at radius 2 is 0.958 bits per heavy atom. The zero-order valence-electron chi connectivity index (χ0n) is 17.1. The standard InChI is InChI=1S/C23H32O/c1-13-11-14(2)18(6)20(17(13)5)21-19(7)15(3)12-16(4)22(21)24-23(8,9)10/h11-12H,1-10H3. The van der Waals surface area contributed by atoms with Crippen molar-refractivity contribution in [2.45, 2.75) is 74.8 Å². The van der Waals surface area contributed by atoms with E-state index in [2.05, 4.69) is 81.4 Å². The number of rotatable bonds is 2. The van der Waals surface area contributed by atoms with Gasteiger partial charge in [0.2, 0.25) is 0 Å². The van der Waals surface area contributed by atoms with Crippen LogP contribution in [0.4, 0.5) is 0 Å². The SMILES string of the molecule is Cc1cc(C)c(C)c(-c2c(C)c(C)cc(C)c2OC(C)(C)C)c1C. The van der Waals surface area contributed by atoms with E-state index >= 15 is 0 Å². The molecule has 0 saturated heterocycles. The second-order valence-corrected chi connectivity index (χ2v) is 8.19. The molecule has 0 aliphatic rings. The lowest BCUT2D eigenvalue weighted by Crippen LogP contribution is -2.24. The maximum Gasteiger partial charge on any atom is 0.131 e. The molecular weight excluding hydrogens is 292 g/mol. The van der Waals surface area contributed by atoms with Gasteiger partial charge in [0.05, 0.1) is 0 Å². The smallest absolute Gasteiger partial charge is 0.131 e. The molecule has 2 rings (SSSR count). The average Bonchev–Trinajstić information content (AvgIpc) is 2.44. The van der Waals surface area contributed by atoms with Crippen molar-refractivity contribution in [1.82, 2.24) is 0 Å². The van der Waals surface area contributed by atoms with Crippen molar-refractivity contribution in [1.29, 1.82) is 0 Å². The van der Waals surface area contributed by atoms with Crippen LogP contribution < -0.4 is 4.74 Å². The van der Waals surface area contributed by atoms with Gasteiger partial charge in [0, 0.05) is 5.56 Å². The van der Waals surface area contributed by atoms with Crippen molar-refractivity contribution in [3.8, 4) is 16.9 Å². The summed E-state index contributed by atoms with van der Waals surface area (Å²) in [6.45, 7) is 21.8. The molecule has 1 heteroatoms. The Labute approximate surface area is 148 Å². The molecule has 0 unspecified atom stereocenters. The molecule has 0 atom stereocenters. The summed E-state index contributed by atoms with van der Waals surface area (Å²) < 4.78 is 6.44. The van der Waals surface area contributed by atoms with E-state index in [0.29, 0.717) is 0 Å². The van der Waals surface area contributed by atoms with E-state index in [0.717, 1.165) is 5.75 Å². The minimum absolute atomic E-state index is 0.220. The first-order chi connectivity index (χ1) is 10.9. The van der Waals surface area contributed by atoms with Crippen LogP contribution in [0, 0.1) is 48.5 Å². The molecule has 24 heavy (non-hydrogen) atoms. The van der Waals surface area contributed by atoms with Crippen molar-refractivity contribution in [2.24, 2.45) is 0 Å². The molecule has 0 saturated carbocycles. The zero-order valence-corrected chi connectivity index (χ0v) is 17.1. The van der Waals surface area contributed by atoms with E-state index in [1.165, 1.54) is 50.1 Å². The highest BCUT2D eigenvalue weighted by atomic mass is 16.5. The van der Waals surface area contributed by atoms with Crippen LogP contribution in [0.15, 0.2) is 12.1 Å². The van der Waals surface area contributed by atoms with Gasteiger partial charge in [0.1, 0.15) is 11.4 Å². The Hall–Kier alpha value is -1.76. The number of hydrogen-bond acceptors (Lipinski definition) is 1.